The van der Waals surface area contributed by atoms with Gasteiger partial charge in [-0.2, -0.15) is 0 Å². The van der Waals surface area contributed by atoms with Gasteiger partial charge in [0.1, 0.15) is 5.75 Å². The van der Waals surface area contributed by atoms with E-state index in [0.717, 1.165) is 37.1 Å². The van der Waals surface area contributed by atoms with E-state index >= 15 is 0 Å². The van der Waals surface area contributed by atoms with Gasteiger partial charge in [-0.3, -0.25) is 4.79 Å². The summed E-state index contributed by atoms with van der Waals surface area (Å²) in [6.45, 7) is 6.21. The SMILES string of the molecule is CCOc1ccc(CN(C)C(=O)C2(C)CCCCN2)cc1. The number of nitrogens with zero attached hydrogens (tertiary/aromatic N) is 1. The van der Waals surface area contributed by atoms with Crippen molar-refractivity contribution in [2.45, 2.75) is 45.2 Å². The molecule has 1 saturated heterocycles. The van der Waals surface area contributed by atoms with Gasteiger partial charge in [-0.1, -0.05) is 12.1 Å². The van der Waals surface area contributed by atoms with Gasteiger partial charge in [0.2, 0.25) is 5.91 Å². The zero-order valence-electron chi connectivity index (χ0n) is 13.3. The number of nitrogens with one attached hydrogen (secondary N) is 1. The molecule has 0 aliphatic carbocycles. The van der Waals surface area contributed by atoms with Gasteiger partial charge in [0.05, 0.1) is 12.1 Å². The summed E-state index contributed by atoms with van der Waals surface area (Å²) in [4.78, 5) is 14.4. The first kappa shape index (κ1) is 15.8. The molecule has 2 rings (SSSR count). The molecule has 21 heavy (non-hydrogen) atoms. The summed E-state index contributed by atoms with van der Waals surface area (Å²) in [5.74, 6) is 1.05. The molecule has 0 saturated carbocycles. The zero-order chi connectivity index (χ0) is 15.3. The molecule has 1 aromatic rings. The van der Waals surface area contributed by atoms with Gasteiger partial charge >= 0.3 is 0 Å². The van der Waals surface area contributed by atoms with Crippen LogP contribution in [-0.4, -0.2) is 36.5 Å². The van der Waals surface area contributed by atoms with Gasteiger partial charge in [-0.25, -0.2) is 0 Å². The molecule has 1 aliphatic heterocycles. The number of hydrogen-bond acceptors (Lipinski definition) is 3. The number of ether oxygens (including phenoxy) is 1. The third-order valence-corrected chi connectivity index (χ3v) is 4.09. The van der Waals surface area contributed by atoms with E-state index in [1.54, 1.807) is 0 Å². The minimum absolute atomic E-state index is 0.177. The lowest BCUT2D eigenvalue weighted by Gasteiger charge is -2.36. The highest BCUT2D eigenvalue weighted by molar-refractivity contribution is 5.85. The summed E-state index contributed by atoms with van der Waals surface area (Å²) in [7, 11) is 1.88. The molecule has 4 heteroatoms. The second kappa shape index (κ2) is 6.94. The largest absolute Gasteiger partial charge is 0.494 e. The maximum Gasteiger partial charge on any atom is 0.242 e. The van der Waals surface area contributed by atoms with Crippen molar-refractivity contribution in [2.75, 3.05) is 20.2 Å². The molecule has 0 spiro atoms. The summed E-state index contributed by atoms with van der Waals surface area (Å²) in [6.07, 6.45) is 3.19. The zero-order valence-corrected chi connectivity index (χ0v) is 13.3. The van der Waals surface area contributed by atoms with Gasteiger partial charge in [-0.15, -0.1) is 0 Å². The summed E-state index contributed by atoms with van der Waals surface area (Å²) in [5, 5.41) is 3.38. The van der Waals surface area contributed by atoms with Gasteiger partial charge in [0.15, 0.2) is 0 Å². The van der Waals surface area contributed by atoms with E-state index in [1.807, 2.05) is 50.1 Å². The van der Waals surface area contributed by atoms with Gasteiger partial charge in [-0.05, 0) is 57.4 Å². The summed E-state index contributed by atoms with van der Waals surface area (Å²) in [5.41, 5.74) is 0.715. The number of likely N-dealkylation sites (N-methyl/N-ethyl adjacent to an activating group) is 1. The predicted octanol–water partition coefficient (Wildman–Crippen LogP) is 2.58. The van der Waals surface area contributed by atoms with Crippen molar-refractivity contribution >= 4 is 5.91 Å². The Labute approximate surface area is 127 Å². The minimum atomic E-state index is -0.405. The molecule has 0 aromatic heterocycles. The topological polar surface area (TPSA) is 41.6 Å². The fourth-order valence-corrected chi connectivity index (χ4v) is 2.86. The van der Waals surface area contributed by atoms with E-state index in [-0.39, 0.29) is 5.91 Å². The lowest BCUT2D eigenvalue weighted by Crippen LogP contribution is -2.57. The summed E-state index contributed by atoms with van der Waals surface area (Å²) < 4.78 is 5.43. The van der Waals surface area contributed by atoms with Crippen molar-refractivity contribution < 1.29 is 9.53 Å². The number of hydrogen-bond donors (Lipinski definition) is 1. The monoisotopic (exact) mass is 290 g/mol. The van der Waals surface area contributed by atoms with Crippen molar-refractivity contribution in [3.63, 3.8) is 0 Å². The van der Waals surface area contributed by atoms with E-state index in [0.29, 0.717) is 13.2 Å². The van der Waals surface area contributed by atoms with E-state index in [1.165, 1.54) is 0 Å². The van der Waals surface area contributed by atoms with Gasteiger partial charge < -0.3 is 15.0 Å². The third kappa shape index (κ3) is 3.97. The molecule has 4 nitrogen and oxygen atoms in total. The highest BCUT2D eigenvalue weighted by Gasteiger charge is 2.36. The Morgan fingerprint density at radius 3 is 2.62 bits per heavy atom. The Hall–Kier alpha value is -1.55. The highest BCUT2D eigenvalue weighted by Crippen LogP contribution is 2.22. The van der Waals surface area contributed by atoms with Crippen molar-refractivity contribution in [2.24, 2.45) is 0 Å². The Morgan fingerprint density at radius 2 is 2.05 bits per heavy atom. The predicted molar refractivity (Wildman–Crippen MR) is 84.3 cm³/mol. The average Bonchev–Trinajstić information content (AvgIpc) is 2.49. The van der Waals surface area contributed by atoms with Gasteiger partial charge in [0, 0.05) is 13.6 Å². The lowest BCUT2D eigenvalue weighted by molar-refractivity contribution is -0.137. The highest BCUT2D eigenvalue weighted by atomic mass is 16.5. The number of carbonyl (C=O) groups is 1. The van der Waals surface area contributed by atoms with Crippen LogP contribution in [0.5, 0.6) is 5.75 Å². The molecule has 1 atom stereocenters. The molecule has 0 bridgehead atoms. The third-order valence-electron chi connectivity index (χ3n) is 4.09. The number of piperidine rings is 1. The second-order valence-electron chi connectivity index (χ2n) is 5.95. The van der Waals surface area contributed by atoms with Crippen LogP contribution in [-0.2, 0) is 11.3 Å². The first-order chi connectivity index (χ1) is 10.0. The molecule has 116 valence electrons. The van der Waals surface area contributed by atoms with E-state index in [4.69, 9.17) is 4.74 Å². The molecule has 1 fully saturated rings. The number of carbonyl (C=O) groups excluding carboxylic acids is 1. The summed E-state index contributed by atoms with van der Waals surface area (Å²) in [6, 6.07) is 7.95. The van der Waals surface area contributed by atoms with E-state index in [2.05, 4.69) is 5.32 Å². The molecule has 0 radical (unpaired) electrons. The van der Waals surface area contributed by atoms with Crippen LogP contribution in [0.15, 0.2) is 24.3 Å². The van der Waals surface area contributed by atoms with Crippen molar-refractivity contribution in [3.05, 3.63) is 29.8 Å². The maximum atomic E-state index is 12.6. The van der Waals surface area contributed by atoms with Crippen LogP contribution < -0.4 is 10.1 Å². The van der Waals surface area contributed by atoms with Crippen molar-refractivity contribution in [1.29, 1.82) is 0 Å². The van der Waals surface area contributed by atoms with Crippen molar-refractivity contribution in [3.8, 4) is 5.75 Å². The number of benzene rings is 1. The quantitative estimate of drug-likeness (QED) is 0.906. The average molecular weight is 290 g/mol. The smallest absolute Gasteiger partial charge is 0.242 e. The molecule has 1 aromatic carbocycles. The second-order valence-corrected chi connectivity index (χ2v) is 5.95. The van der Waals surface area contributed by atoms with Crippen LogP contribution in [0, 0.1) is 0 Å². The van der Waals surface area contributed by atoms with Crippen LogP contribution in [0.1, 0.15) is 38.7 Å². The van der Waals surface area contributed by atoms with Crippen molar-refractivity contribution in [1.82, 2.24) is 10.2 Å². The van der Waals surface area contributed by atoms with Crippen LogP contribution in [0.2, 0.25) is 0 Å². The lowest BCUT2D eigenvalue weighted by atomic mass is 9.89. The molecule has 1 heterocycles. The van der Waals surface area contributed by atoms with Gasteiger partial charge in [0.25, 0.3) is 0 Å². The Balaban J connectivity index is 1.96. The molecule has 1 N–H and O–H groups in total. The fraction of sp³-hybridized carbons (Fsp3) is 0.588. The Morgan fingerprint density at radius 1 is 1.33 bits per heavy atom. The normalized spacial score (nSPS) is 21.9. The van der Waals surface area contributed by atoms with Crippen LogP contribution >= 0.6 is 0 Å². The standard InChI is InChI=1S/C17H26N2O2/c1-4-21-15-9-7-14(8-10-15)13-19(3)16(20)17(2)11-5-6-12-18-17/h7-10,18H,4-6,11-13H2,1-3H3. The first-order valence-electron chi connectivity index (χ1n) is 7.77. The number of amides is 1. The van der Waals surface area contributed by atoms with Crippen LogP contribution in [0.25, 0.3) is 0 Å². The Kier molecular flexibility index (Phi) is 5.23. The maximum absolute atomic E-state index is 12.6. The minimum Gasteiger partial charge on any atom is -0.494 e. The number of rotatable bonds is 5. The molecular formula is C17H26N2O2. The first-order valence-corrected chi connectivity index (χ1v) is 7.77. The fourth-order valence-electron chi connectivity index (χ4n) is 2.86. The van der Waals surface area contributed by atoms with Crippen LogP contribution in [0.4, 0.5) is 0 Å². The molecular weight excluding hydrogens is 264 g/mol. The molecule has 1 amide bonds. The molecule has 1 aliphatic rings. The van der Waals surface area contributed by atoms with Crippen LogP contribution in [0.3, 0.4) is 0 Å². The van der Waals surface area contributed by atoms with E-state index in [9.17, 15) is 4.79 Å². The molecule has 1 unspecified atom stereocenters. The Bertz CT molecular complexity index is 464. The van der Waals surface area contributed by atoms with E-state index < -0.39 is 5.54 Å². The summed E-state index contributed by atoms with van der Waals surface area (Å²) >= 11 is 0.